The number of nitrogens with zero attached hydrogens (tertiary/aromatic N) is 2. The Bertz CT molecular complexity index is 2390. The molecule has 4 aromatic carbocycles. The molecule has 76 heavy (non-hydrogen) atoms. The van der Waals surface area contributed by atoms with Gasteiger partial charge < -0.3 is 10.2 Å². The second kappa shape index (κ2) is 24.0. The van der Waals surface area contributed by atoms with Crippen LogP contribution in [0, 0.1) is 11.8 Å². The Morgan fingerprint density at radius 1 is 0.434 bits per heavy atom. The lowest BCUT2D eigenvalue weighted by Gasteiger charge is -2.46. The first-order chi connectivity index (χ1) is 35.0. The van der Waals surface area contributed by atoms with Crippen molar-refractivity contribution in [2.24, 2.45) is 11.8 Å². The number of likely N-dealkylation sites (tertiary alicyclic amines) is 2. The van der Waals surface area contributed by atoms with Gasteiger partial charge in [-0.2, -0.15) is 79.0 Å². The van der Waals surface area contributed by atoms with Crippen molar-refractivity contribution in [1.29, 1.82) is 0 Å². The van der Waals surface area contributed by atoms with E-state index in [4.69, 9.17) is 0 Å². The Morgan fingerprint density at radius 2 is 0.724 bits per heavy atom. The maximum absolute atomic E-state index is 13.8. The number of benzene rings is 4. The third-order valence-electron chi connectivity index (χ3n) is 13.7. The molecule has 0 unspecified atom stereocenters. The van der Waals surface area contributed by atoms with Crippen LogP contribution in [0.3, 0.4) is 0 Å². The van der Waals surface area contributed by atoms with Gasteiger partial charge in [0.05, 0.1) is 33.4 Å². The number of alkyl halides is 18. The van der Waals surface area contributed by atoms with E-state index in [9.17, 15) is 98.8 Å². The minimum atomic E-state index is -4.94. The molecule has 0 aromatic heterocycles. The molecule has 0 spiro atoms. The van der Waals surface area contributed by atoms with E-state index in [1.54, 1.807) is 23.6 Å². The zero-order valence-electron chi connectivity index (χ0n) is 40.4. The van der Waals surface area contributed by atoms with Crippen LogP contribution < -0.4 is 0 Å². The molecule has 0 bridgehead atoms. The first-order valence-corrected chi connectivity index (χ1v) is 23.8. The van der Waals surface area contributed by atoms with Crippen LogP contribution in [0.15, 0.2) is 84.9 Å². The average Bonchev–Trinajstić information content (AvgIpc) is 3.28. The second-order valence-corrected chi connectivity index (χ2v) is 19.1. The van der Waals surface area contributed by atoms with Gasteiger partial charge in [0.2, 0.25) is 0 Å². The quantitative estimate of drug-likeness (QED) is 0.122. The molecular weight excluding hydrogens is 1060 g/mol. The summed E-state index contributed by atoms with van der Waals surface area (Å²) in [5.74, 6) is -3.03. The number of carbonyl (C=O) groups is 2. The number of hydrogen-bond donors (Lipinski definition) is 2. The van der Waals surface area contributed by atoms with Gasteiger partial charge in [-0.1, -0.05) is 51.0 Å². The Morgan fingerprint density at radius 3 is 0.974 bits per heavy atom. The molecule has 2 fully saturated rings. The third-order valence-corrected chi connectivity index (χ3v) is 13.7. The summed E-state index contributed by atoms with van der Waals surface area (Å²) in [6, 6.07) is 7.86. The molecule has 4 aromatic rings. The number of aliphatic carboxylic acids is 2. The van der Waals surface area contributed by atoms with Crippen LogP contribution >= 0.6 is 0 Å². The lowest BCUT2D eigenvalue weighted by molar-refractivity contribution is -0.142. The molecule has 0 saturated carbocycles. The van der Waals surface area contributed by atoms with E-state index in [1.807, 2.05) is 0 Å². The van der Waals surface area contributed by atoms with Gasteiger partial charge in [0.25, 0.3) is 0 Å². The van der Waals surface area contributed by atoms with Crippen LogP contribution in [0.1, 0.15) is 146 Å². The summed E-state index contributed by atoms with van der Waals surface area (Å²) in [4.78, 5) is 26.0. The fraction of sp³-hybridized carbons (Fsp3) is 0.500. The Kier molecular flexibility index (Phi) is 19.4. The van der Waals surface area contributed by atoms with E-state index in [1.165, 1.54) is 24.3 Å². The van der Waals surface area contributed by atoms with E-state index in [0.29, 0.717) is 73.2 Å². The van der Waals surface area contributed by atoms with Crippen LogP contribution in [0.2, 0.25) is 0 Å². The molecule has 0 aliphatic carbocycles. The molecule has 2 saturated heterocycles. The van der Waals surface area contributed by atoms with Gasteiger partial charge in [-0.05, 0) is 133 Å². The zero-order valence-corrected chi connectivity index (χ0v) is 40.4. The van der Waals surface area contributed by atoms with Crippen molar-refractivity contribution in [2.45, 2.75) is 152 Å². The van der Waals surface area contributed by atoms with Crippen molar-refractivity contribution >= 4 is 11.9 Å². The standard InChI is InChI=1S/2C26H26F9NO2/c2*1-2-3-20-10-15(12-23(37)38)11-22(16-4-6-18(7-5-16)24(27,28)29)36(20)14-17-13-19(25(30,31)32)8-9-21(17)26(33,34)35/h2*4-9,13,15,20,22H,2-3,10-12,14H2,1H3,(H,37,38)/t15-,20+,22-;15-,20-,22+/m10/s1. The van der Waals surface area contributed by atoms with Crippen LogP contribution in [0.4, 0.5) is 79.0 Å². The number of rotatable bonds is 14. The first-order valence-electron chi connectivity index (χ1n) is 23.8. The largest absolute Gasteiger partial charge is 0.481 e. The van der Waals surface area contributed by atoms with Gasteiger partial charge in [-0.15, -0.1) is 0 Å². The normalized spacial score (nSPS) is 21.5. The van der Waals surface area contributed by atoms with Gasteiger partial charge in [-0.25, -0.2) is 0 Å². The van der Waals surface area contributed by atoms with Gasteiger partial charge in [0.15, 0.2) is 0 Å². The highest BCUT2D eigenvalue weighted by molar-refractivity contribution is 5.67. The lowest BCUT2D eigenvalue weighted by Crippen LogP contribution is -2.45. The van der Waals surface area contributed by atoms with E-state index in [0.717, 1.165) is 24.3 Å². The molecule has 0 radical (unpaired) electrons. The molecule has 2 heterocycles. The fourth-order valence-electron chi connectivity index (χ4n) is 10.4. The highest BCUT2D eigenvalue weighted by Crippen LogP contribution is 2.47. The van der Waals surface area contributed by atoms with E-state index in [-0.39, 0.29) is 38.5 Å². The number of piperidine rings is 2. The topological polar surface area (TPSA) is 81.1 Å². The maximum Gasteiger partial charge on any atom is 0.416 e. The molecule has 6 nitrogen and oxygen atoms in total. The van der Waals surface area contributed by atoms with Crippen molar-refractivity contribution in [3.05, 3.63) is 141 Å². The summed E-state index contributed by atoms with van der Waals surface area (Å²) in [6.07, 6.45) is -26.7. The molecule has 0 amide bonds. The summed E-state index contributed by atoms with van der Waals surface area (Å²) in [5, 5.41) is 18.7. The minimum absolute atomic E-state index is 0.109. The van der Waals surface area contributed by atoms with Crippen molar-refractivity contribution < 1.29 is 98.8 Å². The van der Waals surface area contributed by atoms with Crippen molar-refractivity contribution in [2.75, 3.05) is 0 Å². The predicted molar refractivity (Wildman–Crippen MR) is 240 cm³/mol. The number of carboxylic acid groups (broad SMARTS) is 2. The third kappa shape index (κ3) is 16.3. The summed E-state index contributed by atoms with van der Waals surface area (Å²) >= 11 is 0. The summed E-state index contributed by atoms with van der Waals surface area (Å²) < 4.78 is 242. The van der Waals surface area contributed by atoms with Gasteiger partial charge in [0.1, 0.15) is 0 Å². The van der Waals surface area contributed by atoms with Gasteiger partial charge in [0, 0.05) is 50.1 Å². The van der Waals surface area contributed by atoms with Crippen LogP contribution in [0.25, 0.3) is 0 Å². The average molecular weight is 1110 g/mol. The minimum Gasteiger partial charge on any atom is -0.481 e. The molecule has 420 valence electrons. The van der Waals surface area contributed by atoms with E-state index in [2.05, 4.69) is 0 Å². The summed E-state index contributed by atoms with van der Waals surface area (Å²) in [7, 11) is 0. The van der Waals surface area contributed by atoms with Crippen molar-refractivity contribution in [3.63, 3.8) is 0 Å². The Balaban J connectivity index is 0.000000281. The molecule has 6 rings (SSSR count). The predicted octanol–water partition coefficient (Wildman–Crippen LogP) is 16.7. The van der Waals surface area contributed by atoms with Crippen LogP contribution in [-0.4, -0.2) is 44.0 Å². The SMILES string of the molecule is CCC[C@H]1C[C@@H](CC(=O)O)C[C@H](c2ccc(C(F)(F)F)cc2)N1Cc1cc(C(F)(F)F)ccc1C(F)(F)F.CCC[C@H]1C[C@H](CC(=O)O)C[C@H](c2ccc(C(F)(F)F)cc2)N1Cc1cc(C(F)(F)F)ccc1C(F)(F)F. The highest BCUT2D eigenvalue weighted by Gasteiger charge is 2.44. The smallest absolute Gasteiger partial charge is 0.416 e. The van der Waals surface area contributed by atoms with Crippen LogP contribution in [-0.2, 0) is 59.7 Å². The molecule has 2 aliphatic heterocycles. The fourth-order valence-corrected chi connectivity index (χ4v) is 10.4. The Hall–Kier alpha value is -5.52. The summed E-state index contributed by atoms with van der Waals surface area (Å²) in [5.41, 5.74) is -7.44. The number of carboxylic acids is 2. The van der Waals surface area contributed by atoms with Gasteiger partial charge in [-0.3, -0.25) is 19.4 Å². The van der Waals surface area contributed by atoms with Crippen LogP contribution in [0.5, 0.6) is 0 Å². The monoisotopic (exact) mass is 1110 g/mol. The highest BCUT2D eigenvalue weighted by atomic mass is 19.4. The molecule has 6 atom stereocenters. The number of halogens is 18. The van der Waals surface area contributed by atoms with Crippen molar-refractivity contribution in [3.8, 4) is 0 Å². The molecule has 2 aliphatic rings. The second-order valence-electron chi connectivity index (χ2n) is 19.1. The first kappa shape index (κ1) is 61.3. The lowest BCUT2D eigenvalue weighted by atomic mass is 9.79. The van der Waals surface area contributed by atoms with Gasteiger partial charge >= 0.3 is 49.0 Å². The Labute approximate surface area is 424 Å². The number of hydrogen-bond acceptors (Lipinski definition) is 4. The molecular formula is C52H52F18N2O4. The zero-order chi connectivity index (χ0) is 56.9. The molecule has 24 heteroatoms. The van der Waals surface area contributed by atoms with Crippen molar-refractivity contribution in [1.82, 2.24) is 9.80 Å². The van der Waals surface area contributed by atoms with E-state index < -0.39 is 143 Å². The summed E-state index contributed by atoms with van der Waals surface area (Å²) in [6.45, 7) is 2.51. The molecule has 2 N–H and O–H groups in total. The maximum atomic E-state index is 13.8. The van der Waals surface area contributed by atoms with E-state index >= 15 is 0 Å².